The summed E-state index contributed by atoms with van der Waals surface area (Å²) in [6, 6.07) is 4.61. The highest BCUT2D eigenvalue weighted by atomic mass is 16.5. The number of aromatic nitrogens is 2. The number of carbonyl (C=O) groups is 4. The number of nitrogens with zero attached hydrogens (tertiary/aromatic N) is 4. The maximum absolute atomic E-state index is 14.0. The molecule has 0 aliphatic carbocycles. The maximum Gasteiger partial charge on any atom is 0.255 e. The lowest BCUT2D eigenvalue weighted by molar-refractivity contribution is -0.145. The van der Waals surface area contributed by atoms with Gasteiger partial charge in [-0.15, -0.1) is 6.42 Å². The van der Waals surface area contributed by atoms with E-state index in [1.165, 1.54) is 9.80 Å². The first-order valence-corrected chi connectivity index (χ1v) is 16.5. The van der Waals surface area contributed by atoms with Crippen LogP contribution in [0.3, 0.4) is 0 Å². The van der Waals surface area contributed by atoms with Gasteiger partial charge in [0.2, 0.25) is 29.4 Å². The number of nitrogens with one attached hydrogen (secondary N) is 2. The van der Waals surface area contributed by atoms with Crippen LogP contribution in [0.15, 0.2) is 28.8 Å². The molecule has 0 unspecified atom stereocenters. The average molecular weight is 651 g/mol. The van der Waals surface area contributed by atoms with Crippen LogP contribution in [-0.2, 0) is 27.4 Å². The zero-order valence-corrected chi connectivity index (χ0v) is 27.3. The first-order chi connectivity index (χ1) is 22.7. The molecule has 1 saturated heterocycles. The van der Waals surface area contributed by atoms with Crippen molar-refractivity contribution < 1.29 is 33.5 Å². The van der Waals surface area contributed by atoms with Gasteiger partial charge in [0.25, 0.3) is 5.91 Å². The highest BCUT2D eigenvalue weighted by Gasteiger charge is 2.43. The monoisotopic (exact) mass is 650 g/mol. The van der Waals surface area contributed by atoms with Crippen molar-refractivity contribution >= 4 is 23.6 Å². The number of benzene rings is 1. The van der Waals surface area contributed by atoms with Gasteiger partial charge in [-0.2, -0.15) is 4.98 Å². The second kappa shape index (κ2) is 17.5. The van der Waals surface area contributed by atoms with Crippen LogP contribution in [0, 0.1) is 18.3 Å². The van der Waals surface area contributed by atoms with Crippen LogP contribution >= 0.6 is 0 Å². The quantitative estimate of drug-likeness (QED) is 0.422. The molecule has 47 heavy (non-hydrogen) atoms. The van der Waals surface area contributed by atoms with Crippen LogP contribution in [0.5, 0.6) is 5.75 Å². The van der Waals surface area contributed by atoms with Gasteiger partial charge in [-0.25, -0.2) is 0 Å². The van der Waals surface area contributed by atoms with E-state index in [1.807, 2.05) is 13.8 Å². The van der Waals surface area contributed by atoms with Crippen molar-refractivity contribution in [2.24, 2.45) is 5.92 Å². The van der Waals surface area contributed by atoms with E-state index in [2.05, 4.69) is 26.7 Å². The van der Waals surface area contributed by atoms with Gasteiger partial charge in [-0.3, -0.25) is 19.2 Å². The molecule has 254 valence electrons. The van der Waals surface area contributed by atoms with Crippen molar-refractivity contribution in [3.63, 3.8) is 0 Å². The van der Waals surface area contributed by atoms with Gasteiger partial charge in [0.05, 0.1) is 18.2 Å². The van der Waals surface area contributed by atoms with E-state index in [4.69, 9.17) is 15.7 Å². The average Bonchev–Trinajstić information content (AvgIpc) is 3.67. The first kappa shape index (κ1) is 35.4. The number of ether oxygens (including phenoxy) is 1. The highest BCUT2D eigenvalue weighted by molar-refractivity contribution is 6.00. The molecule has 2 bridgehead atoms. The fourth-order valence-corrected chi connectivity index (χ4v) is 5.89. The number of terminal acetylenes is 1. The van der Waals surface area contributed by atoms with Crippen LogP contribution in [-0.4, -0.2) is 93.0 Å². The first-order valence-electron chi connectivity index (χ1n) is 16.5. The van der Waals surface area contributed by atoms with Crippen LogP contribution < -0.4 is 15.4 Å². The summed E-state index contributed by atoms with van der Waals surface area (Å²) in [6.07, 6.45) is 11.2. The predicted octanol–water partition coefficient (Wildman–Crippen LogP) is 2.23. The number of para-hydroxylation sites is 1. The zero-order chi connectivity index (χ0) is 33.8. The van der Waals surface area contributed by atoms with Gasteiger partial charge >= 0.3 is 0 Å². The van der Waals surface area contributed by atoms with E-state index in [1.54, 1.807) is 24.3 Å². The van der Waals surface area contributed by atoms with Crippen LogP contribution in [0.2, 0.25) is 0 Å². The molecule has 0 radical (unpaired) electrons. The number of rotatable bonds is 3. The fourth-order valence-electron chi connectivity index (χ4n) is 5.89. The molecule has 13 heteroatoms. The second-order valence-corrected chi connectivity index (χ2v) is 12.6. The Balaban J connectivity index is 1.58. The van der Waals surface area contributed by atoms with Gasteiger partial charge in [-0.05, 0) is 37.3 Å². The van der Waals surface area contributed by atoms with Gasteiger partial charge in [0.15, 0.2) is 6.61 Å². The summed E-state index contributed by atoms with van der Waals surface area (Å²) in [5, 5.41) is 20.3. The third-order valence-corrected chi connectivity index (χ3v) is 8.22. The minimum Gasteiger partial charge on any atom is -0.485 e. The molecular weight excluding hydrogens is 604 g/mol. The second-order valence-electron chi connectivity index (χ2n) is 12.6. The molecule has 1 aromatic heterocycles. The molecule has 3 N–H and O–H groups in total. The number of amides is 4. The zero-order valence-electron chi connectivity index (χ0n) is 27.3. The van der Waals surface area contributed by atoms with Crippen molar-refractivity contribution in [2.75, 3.05) is 26.2 Å². The molecule has 13 nitrogen and oxygen atoms in total. The minimum atomic E-state index is -1.04. The molecule has 2 aliphatic heterocycles. The van der Waals surface area contributed by atoms with Crippen LogP contribution in [0.4, 0.5) is 0 Å². The molecule has 4 rings (SSSR count). The van der Waals surface area contributed by atoms with Gasteiger partial charge in [0, 0.05) is 25.9 Å². The van der Waals surface area contributed by atoms with Gasteiger partial charge in [-0.1, -0.05) is 62.7 Å². The SMILES string of the molecule is C#CCN1CC(=O)NCCCCCCCCc2nc(no2)COc2ccccc2C(=O)N[C@H](CC(C)C)C(=O)N2C[C@@H](O)C[C@@H]2C1=O. The molecule has 4 amide bonds. The lowest BCUT2D eigenvalue weighted by Gasteiger charge is -2.32. The summed E-state index contributed by atoms with van der Waals surface area (Å²) in [4.78, 5) is 61.1. The number of hydrogen-bond acceptors (Lipinski definition) is 9. The number of aliphatic hydroxyl groups is 1. The molecule has 0 saturated carbocycles. The molecule has 1 aromatic carbocycles. The lowest BCUT2D eigenvalue weighted by atomic mass is 10.0. The molecule has 0 spiro atoms. The Morgan fingerprint density at radius 1 is 1.06 bits per heavy atom. The molecule has 3 atom stereocenters. The van der Waals surface area contributed by atoms with Crippen LogP contribution in [0.1, 0.15) is 87.3 Å². The van der Waals surface area contributed by atoms with Crippen molar-refractivity contribution in [2.45, 2.75) is 96.4 Å². The third kappa shape index (κ3) is 10.3. The van der Waals surface area contributed by atoms with Crippen molar-refractivity contribution in [1.82, 2.24) is 30.6 Å². The van der Waals surface area contributed by atoms with E-state index in [-0.39, 0.29) is 62.2 Å². The minimum absolute atomic E-state index is 0.00632. The van der Waals surface area contributed by atoms with E-state index < -0.39 is 35.9 Å². The Hall–Kier alpha value is -4.44. The number of aliphatic hydroxyl groups excluding tert-OH is 1. The topological polar surface area (TPSA) is 167 Å². The van der Waals surface area contributed by atoms with Gasteiger partial charge < -0.3 is 34.8 Å². The third-order valence-electron chi connectivity index (χ3n) is 8.22. The van der Waals surface area contributed by atoms with E-state index in [9.17, 15) is 24.3 Å². The largest absolute Gasteiger partial charge is 0.485 e. The highest BCUT2D eigenvalue weighted by Crippen LogP contribution is 2.24. The maximum atomic E-state index is 14.0. The molecule has 2 aliphatic rings. The number of fused-ring (bicyclic) bond motifs is 4. The Morgan fingerprint density at radius 3 is 2.57 bits per heavy atom. The normalized spacial score (nSPS) is 22.9. The van der Waals surface area contributed by atoms with Crippen LogP contribution in [0.25, 0.3) is 0 Å². The molecule has 2 aromatic rings. The van der Waals surface area contributed by atoms with E-state index >= 15 is 0 Å². The predicted molar refractivity (Wildman–Crippen MR) is 172 cm³/mol. The van der Waals surface area contributed by atoms with E-state index in [0.717, 1.165) is 38.5 Å². The van der Waals surface area contributed by atoms with E-state index in [0.29, 0.717) is 24.7 Å². The smallest absolute Gasteiger partial charge is 0.255 e. The molecule has 1 fully saturated rings. The summed E-state index contributed by atoms with van der Waals surface area (Å²) in [5.41, 5.74) is 0.208. The summed E-state index contributed by atoms with van der Waals surface area (Å²) in [5.74, 6) is 1.67. The lowest BCUT2D eigenvalue weighted by Crippen LogP contribution is -2.55. The Kier molecular flexibility index (Phi) is 13.2. The summed E-state index contributed by atoms with van der Waals surface area (Å²) in [7, 11) is 0. The Morgan fingerprint density at radius 2 is 1.81 bits per heavy atom. The number of hydrogen-bond donors (Lipinski definition) is 3. The van der Waals surface area contributed by atoms with Crippen molar-refractivity contribution in [1.29, 1.82) is 0 Å². The summed E-state index contributed by atoms with van der Waals surface area (Å²) >= 11 is 0. The Bertz CT molecular complexity index is 1420. The molecular formula is C34H46N6O7. The van der Waals surface area contributed by atoms with Gasteiger partial charge in [0.1, 0.15) is 24.4 Å². The van der Waals surface area contributed by atoms with Crippen molar-refractivity contribution in [3.05, 3.63) is 41.5 Å². The summed E-state index contributed by atoms with van der Waals surface area (Å²) in [6.45, 7) is 3.80. The number of aryl methyl sites for hydroxylation is 1. The van der Waals surface area contributed by atoms with Crippen molar-refractivity contribution in [3.8, 4) is 18.1 Å². The fraction of sp³-hybridized carbons (Fsp3) is 0.588. The number of carbonyl (C=O) groups excluding carboxylic acids is 4. The summed E-state index contributed by atoms with van der Waals surface area (Å²) < 4.78 is 11.3. The Labute approximate surface area is 275 Å². The standard InChI is InChI=1S/C34H46N6O7/c1-4-17-39-21-30(42)35-16-12-8-6-5-7-9-15-31-37-29(38-47-31)22-46-28-14-11-10-13-25(28)32(43)36-26(18-23(2)3)33(44)40-20-24(41)19-27(40)34(39)45/h1,10-11,13-14,23-24,26-27,41H,5-9,12,15-22H2,2-3H3,(H,35,42)(H,36,43)/t24-,26+,27+/m0/s1. The molecule has 3 heterocycles.